The second-order valence-corrected chi connectivity index (χ2v) is 5.31. The number of nitrogens with zero attached hydrogens (tertiary/aromatic N) is 1. The number of benzene rings is 2. The monoisotopic (exact) mass is 334 g/mol. The van der Waals surface area contributed by atoms with Gasteiger partial charge in [0, 0.05) is 18.1 Å². The van der Waals surface area contributed by atoms with Crippen molar-refractivity contribution in [1.82, 2.24) is 4.57 Å². The lowest BCUT2D eigenvalue weighted by molar-refractivity contribution is -0.137. The Hall–Kier alpha value is -2.96. The predicted octanol–water partition coefficient (Wildman–Crippen LogP) is 4.64. The van der Waals surface area contributed by atoms with Crippen molar-refractivity contribution in [1.29, 1.82) is 0 Å². The Kier molecular flexibility index (Phi) is 3.71. The topological polar surface area (TPSA) is 54.3 Å². The van der Waals surface area contributed by atoms with Gasteiger partial charge < -0.3 is 15.0 Å². The molecule has 2 N–H and O–H groups in total. The third-order valence-corrected chi connectivity index (χ3v) is 3.77. The summed E-state index contributed by atoms with van der Waals surface area (Å²) in [5.74, 6) is -1.16. The first-order valence-corrected chi connectivity index (χ1v) is 7.04. The number of aryl methyl sites for hydroxylation is 1. The molecule has 2 aromatic carbocycles. The van der Waals surface area contributed by atoms with Crippen molar-refractivity contribution < 1.29 is 23.1 Å². The standard InChI is InChI=1S/C17H13F3N2O2/c1-22-13-8-3-2-7-12(13)14(15(22)16(23)24)21-11-6-4-5-10(9-11)17(18,19)20/h2-9,21H,1H3,(H,23,24). The van der Waals surface area contributed by atoms with Crippen LogP contribution in [0, 0.1) is 0 Å². The van der Waals surface area contributed by atoms with Crippen LogP contribution in [0.25, 0.3) is 10.9 Å². The van der Waals surface area contributed by atoms with E-state index in [1.807, 2.05) is 0 Å². The Labute approximate surface area is 135 Å². The highest BCUT2D eigenvalue weighted by Gasteiger charge is 2.30. The molecule has 0 aliphatic rings. The molecule has 4 nitrogen and oxygen atoms in total. The molecule has 3 rings (SSSR count). The van der Waals surface area contributed by atoms with Crippen LogP contribution in [0.5, 0.6) is 0 Å². The van der Waals surface area contributed by atoms with Crippen molar-refractivity contribution in [2.24, 2.45) is 7.05 Å². The molecule has 0 aliphatic carbocycles. The van der Waals surface area contributed by atoms with Crippen molar-refractivity contribution in [3.63, 3.8) is 0 Å². The number of para-hydroxylation sites is 1. The lowest BCUT2D eigenvalue weighted by atomic mass is 10.1. The molecule has 0 aliphatic heterocycles. The van der Waals surface area contributed by atoms with Crippen LogP contribution in [-0.2, 0) is 13.2 Å². The minimum absolute atomic E-state index is 0.0198. The highest BCUT2D eigenvalue weighted by molar-refractivity contribution is 6.07. The Morgan fingerprint density at radius 3 is 2.50 bits per heavy atom. The Bertz CT molecular complexity index is 929. The summed E-state index contributed by atoms with van der Waals surface area (Å²) in [6.45, 7) is 0. The summed E-state index contributed by atoms with van der Waals surface area (Å²) in [6.07, 6.45) is -4.47. The second kappa shape index (κ2) is 5.59. The van der Waals surface area contributed by atoms with E-state index in [0.717, 1.165) is 12.1 Å². The molecule has 3 aromatic rings. The fourth-order valence-corrected chi connectivity index (χ4v) is 2.69. The number of carboxylic acid groups (broad SMARTS) is 1. The smallest absolute Gasteiger partial charge is 0.416 e. The van der Waals surface area contributed by atoms with Gasteiger partial charge in [-0.2, -0.15) is 13.2 Å². The SMILES string of the molecule is Cn1c(C(=O)O)c(Nc2cccc(C(F)(F)F)c2)c2ccccc21. The molecule has 0 bridgehead atoms. The summed E-state index contributed by atoms with van der Waals surface area (Å²) in [5, 5.41) is 12.9. The van der Waals surface area contributed by atoms with Crippen LogP contribution in [-0.4, -0.2) is 15.6 Å². The zero-order chi connectivity index (χ0) is 17.5. The molecule has 0 saturated carbocycles. The van der Waals surface area contributed by atoms with E-state index in [4.69, 9.17) is 0 Å². The molecule has 0 spiro atoms. The fraction of sp³-hybridized carbons (Fsp3) is 0.118. The maximum Gasteiger partial charge on any atom is 0.416 e. The fourth-order valence-electron chi connectivity index (χ4n) is 2.69. The lowest BCUT2D eigenvalue weighted by Gasteiger charge is -2.11. The van der Waals surface area contributed by atoms with Crippen LogP contribution in [0.4, 0.5) is 24.5 Å². The average Bonchev–Trinajstić information content (AvgIpc) is 2.80. The summed E-state index contributed by atoms with van der Waals surface area (Å²) in [7, 11) is 1.60. The number of alkyl halides is 3. The zero-order valence-corrected chi connectivity index (χ0v) is 12.6. The third-order valence-electron chi connectivity index (χ3n) is 3.77. The molecule has 0 unspecified atom stereocenters. The van der Waals surface area contributed by atoms with E-state index in [2.05, 4.69) is 5.32 Å². The minimum Gasteiger partial charge on any atom is -0.477 e. The van der Waals surface area contributed by atoms with Crippen molar-refractivity contribution in [2.75, 3.05) is 5.32 Å². The van der Waals surface area contributed by atoms with Gasteiger partial charge in [-0.05, 0) is 24.3 Å². The Morgan fingerprint density at radius 1 is 1.12 bits per heavy atom. The maximum atomic E-state index is 12.8. The van der Waals surface area contributed by atoms with E-state index >= 15 is 0 Å². The van der Waals surface area contributed by atoms with Gasteiger partial charge in [-0.25, -0.2) is 4.79 Å². The van der Waals surface area contributed by atoms with E-state index in [-0.39, 0.29) is 17.1 Å². The van der Waals surface area contributed by atoms with Gasteiger partial charge in [-0.15, -0.1) is 0 Å². The first-order chi connectivity index (χ1) is 11.3. The molecule has 0 fully saturated rings. The molecule has 0 radical (unpaired) electrons. The summed E-state index contributed by atoms with van der Waals surface area (Å²) in [4.78, 5) is 11.6. The largest absolute Gasteiger partial charge is 0.477 e. The third kappa shape index (κ3) is 2.68. The number of aromatic nitrogens is 1. The van der Waals surface area contributed by atoms with Gasteiger partial charge in [0.15, 0.2) is 5.69 Å². The summed E-state index contributed by atoms with van der Waals surface area (Å²) in [6, 6.07) is 11.6. The Balaban J connectivity index is 2.14. The van der Waals surface area contributed by atoms with Gasteiger partial charge in [-0.1, -0.05) is 24.3 Å². The molecular weight excluding hydrogens is 321 g/mol. The molecular formula is C17H13F3N2O2. The number of carboxylic acids is 1. The average molecular weight is 334 g/mol. The van der Waals surface area contributed by atoms with Gasteiger partial charge in [0.1, 0.15) is 0 Å². The van der Waals surface area contributed by atoms with Crippen LogP contribution in [0.2, 0.25) is 0 Å². The van der Waals surface area contributed by atoms with Crippen LogP contribution in [0.3, 0.4) is 0 Å². The summed E-state index contributed by atoms with van der Waals surface area (Å²) in [5.41, 5.74) is 0.284. The molecule has 124 valence electrons. The number of halogens is 3. The lowest BCUT2D eigenvalue weighted by Crippen LogP contribution is -2.08. The molecule has 24 heavy (non-hydrogen) atoms. The number of aromatic carboxylic acids is 1. The second-order valence-electron chi connectivity index (χ2n) is 5.31. The minimum atomic E-state index is -4.47. The number of hydrogen-bond acceptors (Lipinski definition) is 2. The number of hydrogen-bond donors (Lipinski definition) is 2. The number of rotatable bonds is 3. The molecule has 1 heterocycles. The summed E-state index contributed by atoms with van der Waals surface area (Å²) >= 11 is 0. The van der Waals surface area contributed by atoms with E-state index in [1.54, 1.807) is 31.3 Å². The van der Waals surface area contributed by atoms with E-state index in [0.29, 0.717) is 10.9 Å². The predicted molar refractivity (Wildman–Crippen MR) is 84.6 cm³/mol. The number of fused-ring (bicyclic) bond motifs is 1. The zero-order valence-electron chi connectivity index (χ0n) is 12.6. The first-order valence-electron chi connectivity index (χ1n) is 7.04. The van der Waals surface area contributed by atoms with Crippen molar-refractivity contribution in [2.45, 2.75) is 6.18 Å². The molecule has 1 aromatic heterocycles. The Morgan fingerprint density at radius 2 is 1.83 bits per heavy atom. The highest BCUT2D eigenvalue weighted by Crippen LogP contribution is 2.35. The van der Waals surface area contributed by atoms with Crippen LogP contribution >= 0.6 is 0 Å². The first kappa shape index (κ1) is 15.9. The van der Waals surface area contributed by atoms with Crippen molar-refractivity contribution in [3.8, 4) is 0 Å². The number of anilines is 2. The number of carbonyl (C=O) groups is 1. The van der Waals surface area contributed by atoms with Crippen LogP contribution in [0.15, 0.2) is 48.5 Å². The molecule has 7 heteroatoms. The highest BCUT2D eigenvalue weighted by atomic mass is 19.4. The molecule has 0 saturated heterocycles. The molecule has 0 atom stereocenters. The normalized spacial score (nSPS) is 11.7. The number of nitrogens with one attached hydrogen (secondary N) is 1. The van der Waals surface area contributed by atoms with Gasteiger partial charge in [0.05, 0.1) is 16.8 Å². The van der Waals surface area contributed by atoms with Crippen molar-refractivity contribution >= 4 is 28.2 Å². The van der Waals surface area contributed by atoms with Gasteiger partial charge in [0.25, 0.3) is 0 Å². The van der Waals surface area contributed by atoms with Gasteiger partial charge in [-0.3, -0.25) is 0 Å². The van der Waals surface area contributed by atoms with Crippen LogP contribution in [0.1, 0.15) is 16.1 Å². The molecule has 0 amide bonds. The van der Waals surface area contributed by atoms with E-state index in [1.165, 1.54) is 16.7 Å². The van der Waals surface area contributed by atoms with Gasteiger partial charge >= 0.3 is 12.1 Å². The summed E-state index contributed by atoms with van der Waals surface area (Å²) < 4.78 is 40.0. The van der Waals surface area contributed by atoms with Crippen molar-refractivity contribution in [3.05, 3.63) is 59.8 Å². The van der Waals surface area contributed by atoms with E-state index in [9.17, 15) is 23.1 Å². The van der Waals surface area contributed by atoms with Gasteiger partial charge in [0.2, 0.25) is 0 Å². The van der Waals surface area contributed by atoms with Crippen LogP contribution < -0.4 is 5.32 Å². The maximum absolute atomic E-state index is 12.8. The quantitative estimate of drug-likeness (QED) is 0.734. The van der Waals surface area contributed by atoms with E-state index < -0.39 is 17.7 Å².